The minimum atomic E-state index is 0.260. The molecule has 0 aromatic heterocycles. The van der Waals surface area contributed by atoms with Crippen LogP contribution >= 0.6 is 27.5 Å². The third kappa shape index (κ3) is 5.15. The van der Waals surface area contributed by atoms with E-state index in [1.807, 2.05) is 54.6 Å². The Morgan fingerprint density at radius 1 is 0.920 bits per heavy atom. The van der Waals surface area contributed by atoms with E-state index in [9.17, 15) is 5.11 Å². The van der Waals surface area contributed by atoms with Gasteiger partial charge in [-0.05, 0) is 75.6 Å². The van der Waals surface area contributed by atoms with Crippen molar-refractivity contribution >= 4 is 33.2 Å². The first-order chi connectivity index (χ1) is 12.1. The van der Waals surface area contributed by atoms with E-state index in [1.54, 1.807) is 12.1 Å². The average Bonchev–Trinajstić information content (AvgIpc) is 2.62. The fourth-order valence-corrected chi connectivity index (χ4v) is 2.96. The lowest BCUT2D eigenvalue weighted by Gasteiger charge is -2.11. The molecule has 3 rings (SSSR count). The minimum absolute atomic E-state index is 0.260. The summed E-state index contributed by atoms with van der Waals surface area (Å²) in [6.07, 6.45) is 0. The molecule has 0 bridgehead atoms. The monoisotopic (exact) mass is 417 g/mol. The highest BCUT2D eigenvalue weighted by Crippen LogP contribution is 2.27. The number of ether oxygens (including phenoxy) is 1. The largest absolute Gasteiger partial charge is 0.508 e. The third-order valence-electron chi connectivity index (χ3n) is 3.67. The smallest absolute Gasteiger partial charge is 0.134 e. The first-order valence-corrected chi connectivity index (χ1v) is 8.96. The summed E-state index contributed by atoms with van der Waals surface area (Å²) in [5.74, 6) is 1.05. The zero-order valence-corrected chi connectivity index (χ0v) is 15.7. The molecule has 3 aromatic rings. The summed E-state index contributed by atoms with van der Waals surface area (Å²) in [4.78, 5) is 0. The molecule has 3 nitrogen and oxygen atoms in total. The van der Waals surface area contributed by atoms with E-state index in [2.05, 4.69) is 21.2 Å². The van der Waals surface area contributed by atoms with Gasteiger partial charge in [0.25, 0.3) is 0 Å². The van der Waals surface area contributed by atoms with Crippen molar-refractivity contribution in [2.75, 3.05) is 5.32 Å². The Morgan fingerprint density at radius 3 is 2.28 bits per heavy atom. The van der Waals surface area contributed by atoms with Crippen LogP contribution in [0.2, 0.25) is 5.02 Å². The molecule has 0 radical (unpaired) electrons. The first kappa shape index (κ1) is 17.6. The van der Waals surface area contributed by atoms with Crippen molar-refractivity contribution in [2.45, 2.75) is 13.2 Å². The van der Waals surface area contributed by atoms with Crippen LogP contribution < -0.4 is 10.1 Å². The van der Waals surface area contributed by atoms with E-state index in [0.717, 1.165) is 32.1 Å². The van der Waals surface area contributed by atoms with Crippen molar-refractivity contribution in [1.82, 2.24) is 0 Å². The van der Waals surface area contributed by atoms with Crippen molar-refractivity contribution in [1.29, 1.82) is 0 Å². The van der Waals surface area contributed by atoms with E-state index >= 15 is 0 Å². The van der Waals surface area contributed by atoms with E-state index < -0.39 is 0 Å². The van der Waals surface area contributed by atoms with Crippen LogP contribution in [0.4, 0.5) is 5.69 Å². The standard InChI is InChI=1S/C20H17BrClNO2/c21-19-11-15(12-23-17-6-8-18(24)9-7-17)3-10-20(19)25-13-14-1-4-16(22)5-2-14/h1-11,23-24H,12-13H2. The molecule has 5 heteroatoms. The molecule has 0 aliphatic heterocycles. The maximum Gasteiger partial charge on any atom is 0.134 e. The Balaban J connectivity index is 1.58. The summed E-state index contributed by atoms with van der Waals surface area (Å²) in [6, 6.07) is 20.6. The van der Waals surface area contributed by atoms with Gasteiger partial charge >= 0.3 is 0 Å². The average molecular weight is 419 g/mol. The van der Waals surface area contributed by atoms with Crippen molar-refractivity contribution in [3.8, 4) is 11.5 Å². The number of rotatable bonds is 6. The summed E-state index contributed by atoms with van der Waals surface area (Å²) >= 11 is 9.45. The fourth-order valence-electron chi connectivity index (χ4n) is 2.30. The number of phenols is 1. The topological polar surface area (TPSA) is 41.5 Å². The molecule has 0 amide bonds. The highest BCUT2D eigenvalue weighted by molar-refractivity contribution is 9.10. The van der Waals surface area contributed by atoms with Crippen LogP contribution in [-0.2, 0) is 13.2 Å². The molecule has 0 heterocycles. The Hall–Kier alpha value is -2.17. The summed E-state index contributed by atoms with van der Waals surface area (Å²) in [5.41, 5.74) is 3.14. The van der Waals surface area contributed by atoms with Crippen LogP contribution in [0, 0.1) is 0 Å². The van der Waals surface area contributed by atoms with E-state index in [0.29, 0.717) is 13.2 Å². The normalized spacial score (nSPS) is 10.5. The summed E-state index contributed by atoms with van der Waals surface area (Å²) in [6.45, 7) is 1.17. The maximum atomic E-state index is 9.30. The summed E-state index contributed by atoms with van der Waals surface area (Å²) in [7, 11) is 0. The van der Waals surface area contributed by atoms with Crippen molar-refractivity contribution in [3.05, 3.63) is 87.4 Å². The number of benzene rings is 3. The van der Waals surface area contributed by atoms with Crippen LogP contribution in [0.3, 0.4) is 0 Å². The maximum absolute atomic E-state index is 9.30. The van der Waals surface area contributed by atoms with Gasteiger partial charge < -0.3 is 15.2 Å². The van der Waals surface area contributed by atoms with Crippen LogP contribution in [0.15, 0.2) is 71.2 Å². The quantitative estimate of drug-likeness (QED) is 0.482. The number of hydrogen-bond donors (Lipinski definition) is 2. The molecule has 128 valence electrons. The molecule has 3 aromatic carbocycles. The number of anilines is 1. The van der Waals surface area contributed by atoms with Gasteiger partial charge in [-0.15, -0.1) is 0 Å². The predicted molar refractivity (Wildman–Crippen MR) is 105 cm³/mol. The molecular formula is C20H17BrClNO2. The first-order valence-electron chi connectivity index (χ1n) is 7.79. The zero-order valence-electron chi connectivity index (χ0n) is 13.4. The second-order valence-electron chi connectivity index (χ2n) is 5.58. The van der Waals surface area contributed by atoms with Crippen LogP contribution in [0.25, 0.3) is 0 Å². The Kier molecular flexibility index (Phi) is 5.84. The van der Waals surface area contributed by atoms with Gasteiger partial charge in [-0.25, -0.2) is 0 Å². The number of nitrogens with one attached hydrogen (secondary N) is 1. The number of hydrogen-bond acceptors (Lipinski definition) is 3. The lowest BCUT2D eigenvalue weighted by atomic mass is 10.2. The van der Waals surface area contributed by atoms with Gasteiger partial charge in [0.1, 0.15) is 18.1 Å². The molecule has 0 spiro atoms. The molecule has 0 atom stereocenters. The lowest BCUT2D eigenvalue weighted by Crippen LogP contribution is -2.00. The van der Waals surface area contributed by atoms with Crippen LogP contribution in [0.5, 0.6) is 11.5 Å². The molecule has 2 N–H and O–H groups in total. The summed E-state index contributed by atoms with van der Waals surface area (Å²) in [5, 5.41) is 13.3. The van der Waals surface area contributed by atoms with E-state index in [1.165, 1.54) is 0 Å². The van der Waals surface area contributed by atoms with Crippen LogP contribution in [-0.4, -0.2) is 5.11 Å². The van der Waals surface area contributed by atoms with Gasteiger partial charge in [-0.2, -0.15) is 0 Å². The third-order valence-corrected chi connectivity index (χ3v) is 4.54. The zero-order chi connectivity index (χ0) is 17.6. The van der Waals surface area contributed by atoms with Gasteiger partial charge in [0.05, 0.1) is 4.47 Å². The molecule has 0 unspecified atom stereocenters. The molecule has 0 saturated heterocycles. The second-order valence-corrected chi connectivity index (χ2v) is 6.87. The van der Waals surface area contributed by atoms with Gasteiger partial charge in [0.15, 0.2) is 0 Å². The molecule has 0 saturated carbocycles. The van der Waals surface area contributed by atoms with E-state index in [-0.39, 0.29) is 5.75 Å². The van der Waals surface area contributed by atoms with Crippen molar-refractivity contribution in [3.63, 3.8) is 0 Å². The number of aromatic hydroxyl groups is 1. The highest BCUT2D eigenvalue weighted by atomic mass is 79.9. The molecule has 0 aliphatic carbocycles. The van der Waals surface area contributed by atoms with E-state index in [4.69, 9.17) is 16.3 Å². The molecule has 25 heavy (non-hydrogen) atoms. The van der Waals surface area contributed by atoms with Gasteiger partial charge in [0, 0.05) is 17.3 Å². The fraction of sp³-hybridized carbons (Fsp3) is 0.100. The second kappa shape index (κ2) is 8.28. The highest BCUT2D eigenvalue weighted by Gasteiger charge is 2.04. The SMILES string of the molecule is Oc1ccc(NCc2ccc(OCc3ccc(Cl)cc3)c(Br)c2)cc1. The Bertz CT molecular complexity index is 835. The number of phenolic OH excluding ortho intramolecular Hbond substituents is 1. The van der Waals surface area contributed by atoms with Gasteiger partial charge in [-0.1, -0.05) is 29.8 Å². The van der Waals surface area contributed by atoms with Crippen LogP contribution in [0.1, 0.15) is 11.1 Å². The van der Waals surface area contributed by atoms with Gasteiger partial charge in [0.2, 0.25) is 0 Å². The predicted octanol–water partition coefficient (Wildman–Crippen LogP) is 6.00. The molecule has 0 aliphatic rings. The van der Waals surface area contributed by atoms with Crippen molar-refractivity contribution < 1.29 is 9.84 Å². The Morgan fingerprint density at radius 2 is 1.60 bits per heavy atom. The molecule has 0 fully saturated rings. The minimum Gasteiger partial charge on any atom is -0.508 e. The summed E-state index contributed by atoms with van der Waals surface area (Å²) < 4.78 is 6.76. The Labute approximate surface area is 160 Å². The molecular weight excluding hydrogens is 402 g/mol. The van der Waals surface area contributed by atoms with Crippen molar-refractivity contribution in [2.24, 2.45) is 0 Å². The lowest BCUT2D eigenvalue weighted by molar-refractivity contribution is 0.304. The van der Waals surface area contributed by atoms with Gasteiger partial charge in [-0.3, -0.25) is 0 Å². The number of halogens is 2.